The lowest BCUT2D eigenvalue weighted by molar-refractivity contribution is -0.294. The number of aliphatic hydroxyl groups excluding tert-OH is 3. The van der Waals surface area contributed by atoms with Crippen molar-refractivity contribution in [2.45, 2.75) is 44.9 Å². The molecule has 0 radical (unpaired) electrons. The fourth-order valence-corrected chi connectivity index (χ4v) is 1.36. The summed E-state index contributed by atoms with van der Waals surface area (Å²) in [6.07, 6.45) is -3.41. The second-order valence-corrected chi connectivity index (χ2v) is 3.88. The number of aliphatic hydroxyl groups is 3. The van der Waals surface area contributed by atoms with E-state index in [0.29, 0.717) is 0 Å². The first-order chi connectivity index (χ1) is 5.36. The molecule has 4 heteroatoms. The van der Waals surface area contributed by atoms with E-state index in [2.05, 4.69) is 0 Å². The molecule has 1 aliphatic rings. The molecule has 1 saturated heterocycles. The summed E-state index contributed by atoms with van der Waals surface area (Å²) in [5.74, 6) is -0.198. The van der Waals surface area contributed by atoms with Crippen molar-refractivity contribution in [1.29, 1.82) is 0 Å². The Morgan fingerprint density at radius 2 is 1.58 bits per heavy atom. The van der Waals surface area contributed by atoms with Gasteiger partial charge in [-0.2, -0.15) is 0 Å². The van der Waals surface area contributed by atoms with Crippen LogP contribution in [-0.4, -0.2) is 39.4 Å². The molecule has 4 nitrogen and oxygen atoms in total. The molecule has 12 heavy (non-hydrogen) atoms. The van der Waals surface area contributed by atoms with E-state index < -0.39 is 24.1 Å². The third kappa shape index (κ3) is 1.47. The molecule has 0 aromatic rings. The molecule has 1 rings (SSSR count). The molecule has 1 heterocycles. The third-order valence-electron chi connectivity index (χ3n) is 2.68. The summed E-state index contributed by atoms with van der Waals surface area (Å²) < 4.78 is 5.11. The summed E-state index contributed by atoms with van der Waals surface area (Å²) in [6, 6.07) is 0. The summed E-state index contributed by atoms with van der Waals surface area (Å²) in [5, 5.41) is 27.9. The average Bonchev–Trinajstić information content (AvgIpc) is 1.97. The van der Waals surface area contributed by atoms with Crippen LogP contribution in [0.1, 0.15) is 20.8 Å². The summed E-state index contributed by atoms with van der Waals surface area (Å²) >= 11 is 0. The average molecular weight is 176 g/mol. The predicted octanol–water partition coefficient (Wildman–Crippen LogP) is -0.529. The molecule has 0 saturated carbocycles. The van der Waals surface area contributed by atoms with Crippen molar-refractivity contribution >= 4 is 0 Å². The van der Waals surface area contributed by atoms with Crippen LogP contribution in [0.2, 0.25) is 0 Å². The van der Waals surface area contributed by atoms with Crippen LogP contribution in [0.4, 0.5) is 0 Å². The quantitative estimate of drug-likeness (QED) is 0.464. The number of ether oxygens (including phenoxy) is 1. The maximum absolute atomic E-state index is 9.46. The lowest BCUT2D eigenvalue weighted by atomic mass is 9.82. The van der Waals surface area contributed by atoms with Gasteiger partial charge in [-0.15, -0.1) is 0 Å². The first kappa shape index (κ1) is 9.92. The number of hydrogen-bond acceptors (Lipinski definition) is 4. The summed E-state index contributed by atoms with van der Waals surface area (Å²) in [5.41, 5.74) is -0.599. The van der Waals surface area contributed by atoms with E-state index in [4.69, 9.17) is 9.84 Å². The van der Waals surface area contributed by atoms with Gasteiger partial charge >= 0.3 is 0 Å². The monoisotopic (exact) mass is 176 g/mol. The van der Waals surface area contributed by atoms with Gasteiger partial charge in [0.2, 0.25) is 0 Å². The maximum Gasteiger partial charge on any atom is 0.184 e. The van der Waals surface area contributed by atoms with Gasteiger partial charge in [0.25, 0.3) is 0 Å². The van der Waals surface area contributed by atoms with Crippen LogP contribution in [0.3, 0.4) is 0 Å². The van der Waals surface area contributed by atoms with Gasteiger partial charge in [0.1, 0.15) is 6.10 Å². The minimum Gasteiger partial charge on any atom is -0.390 e. The third-order valence-corrected chi connectivity index (χ3v) is 2.68. The Hall–Kier alpha value is -0.160. The maximum atomic E-state index is 9.46. The van der Waals surface area contributed by atoms with Crippen molar-refractivity contribution in [3.05, 3.63) is 0 Å². The highest BCUT2D eigenvalue weighted by atomic mass is 16.6. The highest BCUT2D eigenvalue weighted by Gasteiger charge is 2.45. The van der Waals surface area contributed by atoms with Crippen molar-refractivity contribution in [2.24, 2.45) is 5.92 Å². The predicted molar refractivity (Wildman–Crippen MR) is 42.3 cm³/mol. The minimum atomic E-state index is -1.29. The van der Waals surface area contributed by atoms with E-state index in [1.165, 1.54) is 0 Å². The van der Waals surface area contributed by atoms with Crippen molar-refractivity contribution in [3.8, 4) is 0 Å². The van der Waals surface area contributed by atoms with Crippen molar-refractivity contribution in [3.63, 3.8) is 0 Å². The molecule has 1 fully saturated rings. The second kappa shape index (κ2) is 2.96. The zero-order chi connectivity index (χ0) is 9.52. The Kier molecular flexibility index (Phi) is 2.45. The van der Waals surface area contributed by atoms with Crippen LogP contribution in [0.15, 0.2) is 0 Å². The van der Waals surface area contributed by atoms with Crippen LogP contribution < -0.4 is 0 Å². The van der Waals surface area contributed by atoms with Crippen LogP contribution >= 0.6 is 0 Å². The van der Waals surface area contributed by atoms with Gasteiger partial charge in [0, 0.05) is 5.92 Å². The van der Waals surface area contributed by atoms with Crippen molar-refractivity contribution in [2.75, 3.05) is 0 Å². The van der Waals surface area contributed by atoms with Gasteiger partial charge in [-0.25, -0.2) is 0 Å². The minimum absolute atomic E-state index is 0.198. The van der Waals surface area contributed by atoms with E-state index in [0.717, 1.165) is 0 Å². The van der Waals surface area contributed by atoms with E-state index in [-0.39, 0.29) is 5.92 Å². The van der Waals surface area contributed by atoms with Crippen LogP contribution in [0.5, 0.6) is 0 Å². The molecular weight excluding hydrogens is 160 g/mol. The molecule has 1 unspecified atom stereocenters. The molecule has 0 aliphatic carbocycles. The Bertz CT molecular complexity index is 168. The first-order valence-corrected chi connectivity index (χ1v) is 4.08. The Balaban J connectivity index is 2.78. The Morgan fingerprint density at radius 3 is 2.08 bits per heavy atom. The zero-order valence-electron chi connectivity index (χ0n) is 7.56. The molecule has 0 aromatic heterocycles. The fraction of sp³-hybridized carbons (Fsp3) is 1.00. The molecule has 3 N–H and O–H groups in total. The summed E-state index contributed by atoms with van der Waals surface area (Å²) in [6.45, 7) is 5.33. The second-order valence-electron chi connectivity index (χ2n) is 3.88. The lowest BCUT2D eigenvalue weighted by Gasteiger charge is -2.44. The molecule has 4 atom stereocenters. The molecule has 72 valence electrons. The summed E-state index contributed by atoms with van der Waals surface area (Å²) in [4.78, 5) is 0. The van der Waals surface area contributed by atoms with Gasteiger partial charge in [-0.1, -0.05) is 6.92 Å². The van der Waals surface area contributed by atoms with E-state index in [1.54, 1.807) is 20.8 Å². The van der Waals surface area contributed by atoms with Crippen molar-refractivity contribution < 1.29 is 20.1 Å². The van der Waals surface area contributed by atoms with Gasteiger partial charge < -0.3 is 20.1 Å². The molecule has 0 spiro atoms. The highest BCUT2D eigenvalue weighted by Crippen LogP contribution is 2.32. The summed E-state index contributed by atoms with van der Waals surface area (Å²) in [7, 11) is 0. The SMILES string of the molecule is CC1[C@@H](O)[C@@H](O)[C@H](O)OC1(C)C. The topological polar surface area (TPSA) is 69.9 Å². The molecule has 0 amide bonds. The van der Waals surface area contributed by atoms with E-state index in [9.17, 15) is 10.2 Å². The number of hydrogen-bond donors (Lipinski definition) is 3. The fourth-order valence-electron chi connectivity index (χ4n) is 1.36. The smallest absolute Gasteiger partial charge is 0.184 e. The van der Waals surface area contributed by atoms with E-state index in [1.807, 2.05) is 0 Å². The molecule has 1 aliphatic heterocycles. The molecule has 0 aromatic carbocycles. The van der Waals surface area contributed by atoms with Gasteiger partial charge in [-0.05, 0) is 13.8 Å². The van der Waals surface area contributed by atoms with Crippen LogP contribution in [-0.2, 0) is 4.74 Å². The van der Waals surface area contributed by atoms with E-state index >= 15 is 0 Å². The largest absolute Gasteiger partial charge is 0.390 e. The van der Waals surface area contributed by atoms with Gasteiger partial charge in [0.15, 0.2) is 6.29 Å². The normalized spacial score (nSPS) is 47.5. The zero-order valence-corrected chi connectivity index (χ0v) is 7.56. The number of rotatable bonds is 0. The van der Waals surface area contributed by atoms with Crippen LogP contribution in [0.25, 0.3) is 0 Å². The molecular formula is C8H16O4. The Morgan fingerprint density at radius 1 is 1.08 bits per heavy atom. The Labute approximate surface area is 71.8 Å². The van der Waals surface area contributed by atoms with Crippen molar-refractivity contribution in [1.82, 2.24) is 0 Å². The lowest BCUT2D eigenvalue weighted by Crippen LogP contribution is -2.57. The first-order valence-electron chi connectivity index (χ1n) is 4.08. The highest BCUT2D eigenvalue weighted by molar-refractivity contribution is 4.91. The standard InChI is InChI=1S/C8H16O4/c1-4-5(9)6(10)7(11)12-8(4,2)3/h4-7,9-11H,1-3H3/t4?,5-,6-,7-/m1/s1. The van der Waals surface area contributed by atoms with Gasteiger partial charge in [-0.3, -0.25) is 0 Å². The van der Waals surface area contributed by atoms with Gasteiger partial charge in [0.05, 0.1) is 11.7 Å². The van der Waals surface area contributed by atoms with Crippen LogP contribution in [0, 0.1) is 5.92 Å². The molecule has 0 bridgehead atoms.